The van der Waals surface area contributed by atoms with Crippen LogP contribution >= 0.6 is 0 Å². The van der Waals surface area contributed by atoms with E-state index in [2.05, 4.69) is 88.0 Å². The maximum atomic E-state index is 4.44. The molecule has 4 aromatic rings. The summed E-state index contributed by atoms with van der Waals surface area (Å²) in [5.41, 5.74) is 12.3. The minimum absolute atomic E-state index is 0.960. The molecule has 2 aromatic heterocycles. The lowest BCUT2D eigenvalue weighted by molar-refractivity contribution is 0.821. The first kappa shape index (κ1) is 21.4. The SMILES string of the molecule is CCc1cc2c(nn1)-c1ccccc1CCC2.Cc1cc2c(nn1)-c1ccccc1CCC2. The van der Waals surface area contributed by atoms with Crippen LogP contribution in [0.25, 0.3) is 22.5 Å². The summed E-state index contributed by atoms with van der Waals surface area (Å²) >= 11 is 0. The molecule has 0 amide bonds. The zero-order chi connectivity index (χ0) is 22.6. The first-order valence-corrected chi connectivity index (χ1v) is 12.1. The molecule has 2 aliphatic rings. The third-order valence-electron chi connectivity index (χ3n) is 6.61. The lowest BCUT2D eigenvalue weighted by atomic mass is 10.0. The summed E-state index contributed by atoms with van der Waals surface area (Å²) in [6.45, 7) is 4.13. The van der Waals surface area contributed by atoms with Gasteiger partial charge in [-0.15, -0.1) is 10.2 Å². The van der Waals surface area contributed by atoms with Crippen LogP contribution in [-0.4, -0.2) is 20.4 Å². The largest absolute Gasteiger partial charge is 0.155 e. The average molecular weight is 435 g/mol. The first-order chi connectivity index (χ1) is 16.2. The summed E-state index contributed by atoms with van der Waals surface area (Å²) in [4.78, 5) is 0. The van der Waals surface area contributed by atoms with Gasteiger partial charge in [0, 0.05) is 11.1 Å². The molecule has 166 valence electrons. The smallest absolute Gasteiger partial charge is 0.0964 e. The number of aromatic nitrogens is 4. The van der Waals surface area contributed by atoms with Gasteiger partial charge in [0.1, 0.15) is 0 Å². The van der Waals surface area contributed by atoms with Crippen molar-refractivity contribution in [3.63, 3.8) is 0 Å². The van der Waals surface area contributed by atoms with Crippen LogP contribution in [0, 0.1) is 6.92 Å². The molecule has 4 heteroatoms. The zero-order valence-electron chi connectivity index (χ0n) is 19.5. The normalized spacial score (nSPS) is 13.8. The van der Waals surface area contributed by atoms with Crippen LogP contribution in [0.3, 0.4) is 0 Å². The van der Waals surface area contributed by atoms with E-state index in [4.69, 9.17) is 0 Å². The standard InChI is InChI=1S/C15H16N2.C14H14N2/c1-2-13-10-12-8-5-7-11-6-3-4-9-14(11)15(12)17-16-13;1-10-9-12-7-4-6-11-5-2-3-8-13(11)14(12)16-15-10/h3-4,6,9-10H,2,5,7-8H2,1H3;2-3,5,8-9H,4,6-7H2,1H3. The van der Waals surface area contributed by atoms with Gasteiger partial charge < -0.3 is 0 Å². The van der Waals surface area contributed by atoms with Crippen molar-refractivity contribution in [3.05, 3.63) is 94.3 Å². The molecule has 2 aliphatic carbocycles. The number of rotatable bonds is 1. The Morgan fingerprint density at radius 2 is 1.12 bits per heavy atom. The maximum Gasteiger partial charge on any atom is 0.0964 e. The van der Waals surface area contributed by atoms with Crippen LogP contribution in [0.15, 0.2) is 60.7 Å². The number of benzene rings is 2. The highest BCUT2D eigenvalue weighted by molar-refractivity contribution is 5.68. The van der Waals surface area contributed by atoms with E-state index < -0.39 is 0 Å². The summed E-state index contributed by atoms with van der Waals surface area (Å²) in [5.74, 6) is 0. The topological polar surface area (TPSA) is 51.6 Å². The van der Waals surface area contributed by atoms with Crippen LogP contribution in [0.1, 0.15) is 53.4 Å². The van der Waals surface area contributed by atoms with E-state index in [1.807, 2.05) is 6.92 Å². The second-order valence-electron chi connectivity index (χ2n) is 8.94. The third kappa shape index (κ3) is 4.56. The summed E-state index contributed by atoms with van der Waals surface area (Å²) in [7, 11) is 0. The molecule has 0 aliphatic heterocycles. The number of aryl methyl sites for hydroxylation is 6. The molecule has 0 saturated carbocycles. The highest BCUT2D eigenvalue weighted by Gasteiger charge is 2.17. The molecule has 2 aromatic carbocycles. The molecule has 6 rings (SSSR count). The van der Waals surface area contributed by atoms with E-state index in [9.17, 15) is 0 Å². The molecule has 0 atom stereocenters. The van der Waals surface area contributed by atoms with Gasteiger partial charge in [-0.05, 0) is 86.3 Å². The Balaban J connectivity index is 0.000000139. The second-order valence-corrected chi connectivity index (χ2v) is 8.94. The maximum absolute atomic E-state index is 4.44. The van der Waals surface area contributed by atoms with Gasteiger partial charge in [0.05, 0.1) is 22.8 Å². The predicted octanol–water partition coefficient (Wildman–Crippen LogP) is 6.14. The molecular formula is C29H30N4. The molecule has 4 nitrogen and oxygen atoms in total. The highest BCUT2D eigenvalue weighted by Crippen LogP contribution is 2.31. The summed E-state index contributed by atoms with van der Waals surface area (Å²) < 4.78 is 0. The predicted molar refractivity (Wildman–Crippen MR) is 133 cm³/mol. The summed E-state index contributed by atoms with van der Waals surface area (Å²) in [5, 5.41) is 17.3. The fourth-order valence-corrected chi connectivity index (χ4v) is 4.90. The molecular weight excluding hydrogens is 404 g/mol. The van der Waals surface area contributed by atoms with Crippen LogP contribution in [-0.2, 0) is 32.1 Å². The Hall–Kier alpha value is -3.40. The fourth-order valence-electron chi connectivity index (χ4n) is 4.90. The Bertz CT molecular complexity index is 1280. The molecule has 0 unspecified atom stereocenters. The van der Waals surface area contributed by atoms with Crippen molar-refractivity contribution in [1.82, 2.24) is 20.4 Å². The summed E-state index contributed by atoms with van der Waals surface area (Å²) in [6.07, 6.45) is 7.89. The average Bonchev–Trinajstić information content (AvgIpc) is 3.15. The molecule has 0 spiro atoms. The zero-order valence-corrected chi connectivity index (χ0v) is 19.5. The van der Waals surface area contributed by atoms with Gasteiger partial charge in [-0.25, -0.2) is 0 Å². The van der Waals surface area contributed by atoms with E-state index in [1.54, 1.807) is 0 Å². The van der Waals surface area contributed by atoms with Crippen molar-refractivity contribution in [2.75, 3.05) is 0 Å². The van der Waals surface area contributed by atoms with Gasteiger partial charge in [0.25, 0.3) is 0 Å². The Morgan fingerprint density at radius 1 is 0.606 bits per heavy atom. The van der Waals surface area contributed by atoms with Crippen LogP contribution in [0.5, 0.6) is 0 Å². The lowest BCUT2D eigenvalue weighted by Gasteiger charge is -2.07. The minimum Gasteiger partial charge on any atom is -0.155 e. The van der Waals surface area contributed by atoms with E-state index in [0.717, 1.165) is 54.9 Å². The van der Waals surface area contributed by atoms with Crippen molar-refractivity contribution in [2.24, 2.45) is 0 Å². The minimum atomic E-state index is 0.960. The molecule has 0 bridgehead atoms. The Morgan fingerprint density at radius 3 is 1.73 bits per heavy atom. The summed E-state index contributed by atoms with van der Waals surface area (Å²) in [6, 6.07) is 21.5. The van der Waals surface area contributed by atoms with Gasteiger partial charge in [0.2, 0.25) is 0 Å². The van der Waals surface area contributed by atoms with E-state index in [-0.39, 0.29) is 0 Å². The third-order valence-corrected chi connectivity index (χ3v) is 6.61. The highest BCUT2D eigenvalue weighted by atomic mass is 15.1. The Kier molecular flexibility index (Phi) is 6.25. The van der Waals surface area contributed by atoms with Crippen molar-refractivity contribution in [1.29, 1.82) is 0 Å². The molecule has 0 radical (unpaired) electrons. The van der Waals surface area contributed by atoms with E-state index >= 15 is 0 Å². The Labute approximate surface area is 196 Å². The van der Waals surface area contributed by atoms with Crippen molar-refractivity contribution < 1.29 is 0 Å². The van der Waals surface area contributed by atoms with Crippen LogP contribution in [0.4, 0.5) is 0 Å². The monoisotopic (exact) mass is 434 g/mol. The molecule has 0 N–H and O–H groups in total. The number of nitrogens with zero attached hydrogens (tertiary/aromatic N) is 4. The number of fused-ring (bicyclic) bond motifs is 6. The van der Waals surface area contributed by atoms with Crippen molar-refractivity contribution >= 4 is 0 Å². The van der Waals surface area contributed by atoms with Gasteiger partial charge in [-0.3, -0.25) is 0 Å². The molecule has 0 saturated heterocycles. The molecule has 33 heavy (non-hydrogen) atoms. The number of hydrogen-bond acceptors (Lipinski definition) is 4. The molecule has 2 heterocycles. The fraction of sp³-hybridized carbons (Fsp3) is 0.310. The van der Waals surface area contributed by atoms with Gasteiger partial charge in [0.15, 0.2) is 0 Å². The van der Waals surface area contributed by atoms with Crippen LogP contribution in [0.2, 0.25) is 0 Å². The quantitative estimate of drug-likeness (QED) is 0.361. The molecule has 0 fully saturated rings. The van der Waals surface area contributed by atoms with E-state index in [0.29, 0.717) is 0 Å². The van der Waals surface area contributed by atoms with Crippen molar-refractivity contribution in [3.8, 4) is 22.5 Å². The van der Waals surface area contributed by atoms with Gasteiger partial charge >= 0.3 is 0 Å². The second kappa shape index (κ2) is 9.62. The lowest BCUT2D eigenvalue weighted by Crippen LogP contribution is -1.98. The first-order valence-electron chi connectivity index (χ1n) is 12.1. The van der Waals surface area contributed by atoms with E-state index in [1.165, 1.54) is 46.2 Å². The van der Waals surface area contributed by atoms with Crippen molar-refractivity contribution in [2.45, 2.75) is 58.8 Å². The van der Waals surface area contributed by atoms with Gasteiger partial charge in [-0.1, -0.05) is 55.5 Å². The van der Waals surface area contributed by atoms with Crippen LogP contribution < -0.4 is 0 Å². The van der Waals surface area contributed by atoms with Gasteiger partial charge in [-0.2, -0.15) is 10.2 Å². The number of hydrogen-bond donors (Lipinski definition) is 0.